The van der Waals surface area contributed by atoms with Gasteiger partial charge in [-0.2, -0.15) is 14.6 Å². The first-order valence-electron chi connectivity index (χ1n) is 13.2. The van der Waals surface area contributed by atoms with Crippen LogP contribution in [0.15, 0.2) is 55.0 Å². The molecule has 2 atom stereocenters. The molecule has 214 valence electrons. The van der Waals surface area contributed by atoms with Crippen LogP contribution in [0.5, 0.6) is 6.01 Å². The molecule has 0 saturated carbocycles. The molecule has 12 heteroatoms. The van der Waals surface area contributed by atoms with Gasteiger partial charge in [-0.15, -0.1) is 0 Å². The number of carbonyl (C=O) groups is 1. The van der Waals surface area contributed by atoms with Crippen LogP contribution in [0.4, 0.5) is 4.39 Å². The highest BCUT2D eigenvalue weighted by Gasteiger charge is 2.37. The van der Waals surface area contributed by atoms with E-state index < -0.39 is 18.1 Å². The van der Waals surface area contributed by atoms with E-state index in [9.17, 15) is 9.18 Å². The van der Waals surface area contributed by atoms with Gasteiger partial charge >= 0.3 is 6.01 Å². The first-order valence-corrected chi connectivity index (χ1v) is 13.2. The minimum atomic E-state index is -0.536. The normalized spacial score (nSPS) is 17.1. The summed E-state index contributed by atoms with van der Waals surface area (Å²) in [7, 11) is 3.12. The number of methoxy groups -OCH3 is 2. The number of aryl methyl sites for hydroxylation is 1. The molecule has 4 heterocycles. The zero-order valence-electron chi connectivity index (χ0n) is 23.4. The molecule has 1 amide bonds. The zero-order chi connectivity index (χ0) is 28.9. The van der Waals surface area contributed by atoms with Crippen molar-refractivity contribution >= 4 is 5.91 Å². The van der Waals surface area contributed by atoms with Crippen LogP contribution in [0.1, 0.15) is 28.5 Å². The van der Waals surface area contributed by atoms with Crippen LogP contribution in [0.3, 0.4) is 0 Å². The molecule has 0 radical (unpaired) electrons. The van der Waals surface area contributed by atoms with E-state index in [1.54, 1.807) is 42.2 Å². The number of hydrogen-bond donors (Lipinski definition) is 1. The Morgan fingerprint density at radius 3 is 2.56 bits per heavy atom. The van der Waals surface area contributed by atoms with Crippen LogP contribution in [0.2, 0.25) is 0 Å². The maximum atomic E-state index is 13.9. The molecule has 0 unspecified atom stereocenters. The number of carbonyl (C=O) groups excluding carboxylic acids is 1. The average Bonchev–Trinajstić information content (AvgIpc) is 3.54. The molecule has 1 saturated heterocycles. The Hall–Kier alpha value is -4.26. The topological polar surface area (TPSA) is 117 Å². The Kier molecular flexibility index (Phi) is 8.62. The molecule has 1 aliphatic heterocycles. The lowest BCUT2D eigenvalue weighted by molar-refractivity contribution is -0.154. The van der Waals surface area contributed by atoms with Crippen molar-refractivity contribution in [1.82, 2.24) is 35.1 Å². The van der Waals surface area contributed by atoms with Crippen LogP contribution in [0, 0.1) is 19.8 Å². The lowest BCUT2D eigenvalue weighted by Crippen LogP contribution is -2.41. The second kappa shape index (κ2) is 12.5. The number of hydrogen-bond acceptors (Lipinski definition) is 9. The Balaban J connectivity index is 1.42. The first-order chi connectivity index (χ1) is 19.9. The van der Waals surface area contributed by atoms with Gasteiger partial charge in [0.2, 0.25) is 11.9 Å². The van der Waals surface area contributed by atoms with Crippen LogP contribution >= 0.6 is 0 Å². The van der Waals surface area contributed by atoms with E-state index in [2.05, 4.69) is 20.3 Å². The van der Waals surface area contributed by atoms with Crippen LogP contribution < -0.4 is 10.1 Å². The van der Waals surface area contributed by atoms with Crippen molar-refractivity contribution in [1.29, 1.82) is 0 Å². The van der Waals surface area contributed by atoms with Crippen LogP contribution in [-0.4, -0.2) is 75.7 Å². The molecule has 4 aromatic rings. The molecule has 3 aromatic heterocycles. The van der Waals surface area contributed by atoms with Crippen molar-refractivity contribution in [2.45, 2.75) is 32.4 Å². The van der Waals surface area contributed by atoms with Crippen molar-refractivity contribution in [2.24, 2.45) is 0 Å². The molecule has 1 fully saturated rings. The van der Waals surface area contributed by atoms with Gasteiger partial charge in [0.05, 0.1) is 43.3 Å². The van der Waals surface area contributed by atoms with Crippen molar-refractivity contribution < 1.29 is 23.5 Å². The fourth-order valence-electron chi connectivity index (χ4n) is 4.83. The number of pyridine rings is 1. The highest BCUT2D eigenvalue weighted by Crippen LogP contribution is 2.31. The van der Waals surface area contributed by atoms with Gasteiger partial charge in [0, 0.05) is 55.5 Å². The van der Waals surface area contributed by atoms with Gasteiger partial charge in [0.25, 0.3) is 0 Å². The molecule has 0 bridgehead atoms. The highest BCUT2D eigenvalue weighted by molar-refractivity contribution is 5.80. The molecule has 41 heavy (non-hydrogen) atoms. The van der Waals surface area contributed by atoms with E-state index in [-0.39, 0.29) is 18.3 Å². The molecular formula is C29H32FN7O4. The van der Waals surface area contributed by atoms with Gasteiger partial charge in [-0.3, -0.25) is 9.63 Å². The smallest absolute Gasteiger partial charge is 0.316 e. The second-order valence-corrected chi connectivity index (χ2v) is 9.76. The van der Waals surface area contributed by atoms with Crippen molar-refractivity contribution in [3.8, 4) is 23.0 Å². The Labute approximate surface area is 237 Å². The minimum Gasteiger partial charge on any atom is -0.467 e. The average molecular weight is 562 g/mol. The number of halogens is 1. The number of benzene rings is 1. The maximum absolute atomic E-state index is 13.9. The van der Waals surface area contributed by atoms with E-state index in [0.29, 0.717) is 42.1 Å². The minimum absolute atomic E-state index is 0.0622. The van der Waals surface area contributed by atoms with E-state index >= 15 is 0 Å². The quantitative estimate of drug-likeness (QED) is 0.292. The third kappa shape index (κ3) is 6.24. The summed E-state index contributed by atoms with van der Waals surface area (Å²) in [6.45, 7) is 4.98. The second-order valence-electron chi connectivity index (χ2n) is 9.76. The summed E-state index contributed by atoms with van der Waals surface area (Å²) in [5.41, 5.74) is 4.84. The van der Waals surface area contributed by atoms with Crippen molar-refractivity contribution in [2.75, 3.05) is 33.9 Å². The molecule has 0 spiro atoms. The van der Waals surface area contributed by atoms with Crippen molar-refractivity contribution in [3.05, 3.63) is 83.3 Å². The summed E-state index contributed by atoms with van der Waals surface area (Å²) >= 11 is 0. The number of amides is 1. The largest absolute Gasteiger partial charge is 0.467 e. The standard InChI is InChI=1S/C29H32FN7O4/c1-18-12-20(14-31-28(18)30)27-23(17-36(41-27)10-11-39-3)34-25(38)13-24-19(2)26(21-15-32-29(40-4)33-16-21)35-37(24)22-8-6-5-7-9-22/h5-9,12,14-16,23,27H,10-11,13,17H2,1-4H3,(H,34,38)/t23-,27+/m1/s1. The molecule has 5 rings (SSSR count). The monoisotopic (exact) mass is 561 g/mol. The van der Waals surface area contributed by atoms with E-state index in [4.69, 9.17) is 19.4 Å². The summed E-state index contributed by atoms with van der Waals surface area (Å²) in [4.78, 5) is 32.0. The summed E-state index contributed by atoms with van der Waals surface area (Å²) in [6.07, 6.45) is 4.27. The SMILES string of the molecule is COCCN1C[C@@H](NC(=O)Cc2c(C)c(-c3cnc(OC)nc3)nn2-c2ccccc2)[C@H](c2cnc(F)c(C)c2)O1. The van der Waals surface area contributed by atoms with E-state index in [1.807, 2.05) is 37.3 Å². The summed E-state index contributed by atoms with van der Waals surface area (Å²) < 4.78 is 25.9. The number of rotatable bonds is 10. The Morgan fingerprint density at radius 2 is 1.88 bits per heavy atom. The van der Waals surface area contributed by atoms with Gasteiger partial charge < -0.3 is 14.8 Å². The molecule has 1 aromatic carbocycles. The third-order valence-electron chi connectivity index (χ3n) is 6.94. The third-order valence-corrected chi connectivity index (χ3v) is 6.94. The number of para-hydroxylation sites is 1. The van der Waals surface area contributed by atoms with Gasteiger partial charge in [-0.25, -0.2) is 19.6 Å². The maximum Gasteiger partial charge on any atom is 0.316 e. The van der Waals surface area contributed by atoms with Gasteiger partial charge in [0.15, 0.2) is 0 Å². The molecule has 11 nitrogen and oxygen atoms in total. The molecule has 1 aliphatic rings. The van der Waals surface area contributed by atoms with Gasteiger partial charge in [-0.1, -0.05) is 18.2 Å². The van der Waals surface area contributed by atoms with Gasteiger partial charge in [0.1, 0.15) is 6.10 Å². The summed E-state index contributed by atoms with van der Waals surface area (Å²) in [5, 5.41) is 9.73. The summed E-state index contributed by atoms with van der Waals surface area (Å²) in [5.74, 6) is -0.743. The summed E-state index contributed by atoms with van der Waals surface area (Å²) in [6, 6.07) is 11.2. The van der Waals surface area contributed by atoms with Gasteiger partial charge in [-0.05, 0) is 37.6 Å². The number of ether oxygens (including phenoxy) is 2. The van der Waals surface area contributed by atoms with Crippen LogP contribution in [-0.2, 0) is 20.8 Å². The molecule has 0 aliphatic carbocycles. The molecule has 1 N–H and O–H groups in total. The Bertz CT molecular complexity index is 1500. The predicted molar refractivity (Wildman–Crippen MR) is 148 cm³/mol. The van der Waals surface area contributed by atoms with Crippen molar-refractivity contribution in [3.63, 3.8) is 0 Å². The van der Waals surface area contributed by atoms with E-state index in [0.717, 1.165) is 16.9 Å². The fourth-order valence-corrected chi connectivity index (χ4v) is 4.83. The number of hydroxylamine groups is 2. The lowest BCUT2D eigenvalue weighted by atomic mass is 10.0. The number of nitrogens with one attached hydrogen (secondary N) is 1. The van der Waals surface area contributed by atoms with Crippen LogP contribution in [0.25, 0.3) is 16.9 Å². The highest BCUT2D eigenvalue weighted by atomic mass is 19.1. The first kappa shape index (κ1) is 28.3. The predicted octanol–water partition coefficient (Wildman–Crippen LogP) is 3.15. The number of aromatic nitrogens is 5. The Morgan fingerprint density at radius 1 is 1.12 bits per heavy atom. The molecular weight excluding hydrogens is 529 g/mol. The van der Waals surface area contributed by atoms with E-state index in [1.165, 1.54) is 13.3 Å². The fraction of sp³-hybridized carbons (Fsp3) is 0.345. The lowest BCUT2D eigenvalue weighted by Gasteiger charge is -2.19. The zero-order valence-corrected chi connectivity index (χ0v) is 23.4. The number of nitrogens with zero attached hydrogens (tertiary/aromatic N) is 6.